The maximum atomic E-state index is 12.9. The Labute approximate surface area is 163 Å². The molecule has 4 heterocycles. The summed E-state index contributed by atoms with van der Waals surface area (Å²) in [6.07, 6.45) is 4.67. The maximum absolute atomic E-state index is 12.9. The Morgan fingerprint density at radius 1 is 1.14 bits per heavy atom. The molecular weight excluding hydrogens is 354 g/mol. The largest absolute Gasteiger partial charge is 0.348 e. The molecule has 146 valence electrons. The van der Waals surface area contributed by atoms with Crippen molar-refractivity contribution in [3.05, 3.63) is 42.0 Å². The van der Waals surface area contributed by atoms with E-state index in [1.807, 2.05) is 35.5 Å². The lowest BCUT2D eigenvalue weighted by molar-refractivity contribution is -0.135. The number of carbonyl (C=O) groups is 1. The Morgan fingerprint density at radius 2 is 1.86 bits per heavy atom. The highest BCUT2D eigenvalue weighted by Gasteiger charge is 2.46. The number of likely N-dealkylation sites (tertiary alicyclic amines) is 1. The zero-order valence-electron chi connectivity index (χ0n) is 16.1. The highest BCUT2D eigenvalue weighted by atomic mass is 16.2. The van der Waals surface area contributed by atoms with Gasteiger partial charge in [-0.15, -0.1) is 0 Å². The summed E-state index contributed by atoms with van der Waals surface area (Å²) in [4.78, 5) is 26.8. The van der Waals surface area contributed by atoms with Crippen LogP contribution in [0.1, 0.15) is 31.2 Å². The lowest BCUT2D eigenvalue weighted by Crippen LogP contribution is -2.57. The standard InChI is InChI=1S/C20H25N7O/c1-2-26-10-7-17-19(22-14-21-17)20(26)8-11-25(12-9-20)18(28)13-27-23-15-5-3-4-6-16(15)24-27/h3-6,14H,2,7-13H2,1H3,(H,21,22). The summed E-state index contributed by atoms with van der Waals surface area (Å²) in [5.41, 5.74) is 4.04. The Hall–Kier alpha value is -2.74. The smallest absolute Gasteiger partial charge is 0.246 e. The van der Waals surface area contributed by atoms with Gasteiger partial charge in [-0.1, -0.05) is 19.1 Å². The fourth-order valence-electron chi connectivity index (χ4n) is 4.86. The van der Waals surface area contributed by atoms with E-state index in [-0.39, 0.29) is 18.0 Å². The van der Waals surface area contributed by atoms with E-state index < -0.39 is 0 Å². The third-order valence-corrected chi connectivity index (χ3v) is 6.33. The molecule has 28 heavy (non-hydrogen) atoms. The second kappa shape index (κ2) is 6.70. The number of aromatic amines is 1. The van der Waals surface area contributed by atoms with Gasteiger partial charge in [-0.2, -0.15) is 15.0 Å². The van der Waals surface area contributed by atoms with Gasteiger partial charge in [-0.05, 0) is 31.5 Å². The van der Waals surface area contributed by atoms with Crippen molar-refractivity contribution >= 4 is 16.9 Å². The molecule has 2 aliphatic heterocycles. The van der Waals surface area contributed by atoms with Crippen LogP contribution >= 0.6 is 0 Å². The molecule has 3 aromatic rings. The van der Waals surface area contributed by atoms with E-state index in [9.17, 15) is 4.79 Å². The summed E-state index contributed by atoms with van der Waals surface area (Å²) < 4.78 is 0. The summed E-state index contributed by atoms with van der Waals surface area (Å²) in [7, 11) is 0. The van der Waals surface area contributed by atoms with Crippen molar-refractivity contribution in [1.29, 1.82) is 0 Å². The van der Waals surface area contributed by atoms with E-state index in [1.165, 1.54) is 16.2 Å². The van der Waals surface area contributed by atoms with Crippen LogP contribution < -0.4 is 0 Å². The zero-order valence-corrected chi connectivity index (χ0v) is 16.1. The minimum absolute atomic E-state index is 0.0439. The lowest BCUT2D eigenvalue weighted by atomic mass is 9.78. The first kappa shape index (κ1) is 17.4. The molecule has 0 saturated carbocycles. The number of hydrogen-bond donors (Lipinski definition) is 1. The van der Waals surface area contributed by atoms with Crippen molar-refractivity contribution in [3.8, 4) is 0 Å². The van der Waals surface area contributed by atoms with Gasteiger partial charge < -0.3 is 9.88 Å². The van der Waals surface area contributed by atoms with Gasteiger partial charge in [-0.25, -0.2) is 4.98 Å². The minimum Gasteiger partial charge on any atom is -0.348 e. The Balaban J connectivity index is 1.31. The first-order chi connectivity index (χ1) is 13.7. The highest BCUT2D eigenvalue weighted by molar-refractivity contribution is 5.77. The first-order valence-electron chi connectivity index (χ1n) is 10.0. The molecule has 2 aromatic heterocycles. The molecule has 0 bridgehead atoms. The van der Waals surface area contributed by atoms with Crippen LogP contribution in [-0.4, -0.2) is 66.8 Å². The van der Waals surface area contributed by atoms with Gasteiger partial charge in [0.1, 0.15) is 17.6 Å². The van der Waals surface area contributed by atoms with Crippen LogP contribution in [0.2, 0.25) is 0 Å². The molecule has 0 aliphatic carbocycles. The molecule has 1 saturated heterocycles. The van der Waals surface area contributed by atoms with Crippen LogP contribution in [0.25, 0.3) is 11.0 Å². The summed E-state index contributed by atoms with van der Waals surface area (Å²) in [5.74, 6) is 0.0799. The van der Waals surface area contributed by atoms with Crippen molar-refractivity contribution in [1.82, 2.24) is 34.8 Å². The molecule has 1 N–H and O–H groups in total. The number of nitrogens with zero attached hydrogens (tertiary/aromatic N) is 6. The normalized spacial score (nSPS) is 19.2. The molecule has 0 radical (unpaired) electrons. The fourth-order valence-corrected chi connectivity index (χ4v) is 4.86. The summed E-state index contributed by atoms with van der Waals surface area (Å²) in [6, 6.07) is 7.69. The number of carbonyl (C=O) groups excluding carboxylic acids is 1. The number of rotatable bonds is 3. The van der Waals surface area contributed by atoms with Crippen LogP contribution in [-0.2, 0) is 23.3 Å². The predicted molar refractivity (Wildman–Crippen MR) is 105 cm³/mol. The van der Waals surface area contributed by atoms with Gasteiger partial charge in [0.2, 0.25) is 5.91 Å². The third kappa shape index (κ3) is 2.71. The van der Waals surface area contributed by atoms with Gasteiger partial charge >= 0.3 is 0 Å². The topological polar surface area (TPSA) is 82.9 Å². The van der Waals surface area contributed by atoms with Crippen LogP contribution in [0.5, 0.6) is 0 Å². The van der Waals surface area contributed by atoms with E-state index in [1.54, 1.807) is 0 Å². The number of benzene rings is 1. The van der Waals surface area contributed by atoms with E-state index in [0.717, 1.165) is 56.5 Å². The molecule has 2 aliphatic rings. The van der Waals surface area contributed by atoms with Crippen molar-refractivity contribution in [3.63, 3.8) is 0 Å². The Morgan fingerprint density at radius 3 is 2.54 bits per heavy atom. The Bertz CT molecular complexity index is 966. The molecule has 0 unspecified atom stereocenters. The first-order valence-corrected chi connectivity index (χ1v) is 10.0. The van der Waals surface area contributed by atoms with Crippen molar-refractivity contribution in [2.24, 2.45) is 0 Å². The number of imidazole rings is 1. The summed E-state index contributed by atoms with van der Waals surface area (Å²) >= 11 is 0. The molecular formula is C20H25N7O. The van der Waals surface area contributed by atoms with E-state index >= 15 is 0 Å². The van der Waals surface area contributed by atoms with Gasteiger partial charge in [0.15, 0.2) is 0 Å². The van der Waals surface area contributed by atoms with Gasteiger partial charge in [0.25, 0.3) is 0 Å². The molecule has 1 fully saturated rings. The second-order valence-corrected chi connectivity index (χ2v) is 7.69. The number of piperidine rings is 1. The molecule has 1 amide bonds. The molecule has 8 heteroatoms. The number of likely N-dealkylation sites (N-methyl/N-ethyl adjacent to an activating group) is 1. The number of nitrogens with one attached hydrogen (secondary N) is 1. The van der Waals surface area contributed by atoms with Crippen molar-refractivity contribution < 1.29 is 4.79 Å². The molecule has 1 spiro atoms. The maximum Gasteiger partial charge on any atom is 0.246 e. The zero-order chi connectivity index (χ0) is 19.1. The second-order valence-electron chi connectivity index (χ2n) is 7.69. The van der Waals surface area contributed by atoms with E-state index in [0.29, 0.717) is 0 Å². The van der Waals surface area contributed by atoms with E-state index in [2.05, 4.69) is 32.0 Å². The average molecular weight is 379 g/mol. The number of amides is 1. The number of H-pyrrole nitrogens is 1. The molecule has 0 atom stereocenters. The summed E-state index contributed by atoms with van der Waals surface area (Å²) in [6.45, 7) is 5.93. The third-order valence-electron chi connectivity index (χ3n) is 6.33. The monoisotopic (exact) mass is 379 g/mol. The lowest BCUT2D eigenvalue weighted by Gasteiger charge is -2.50. The van der Waals surface area contributed by atoms with Crippen LogP contribution in [0.15, 0.2) is 30.6 Å². The number of aromatic nitrogens is 5. The van der Waals surface area contributed by atoms with Crippen molar-refractivity contribution in [2.45, 2.75) is 38.3 Å². The Kier molecular flexibility index (Phi) is 4.16. The predicted octanol–water partition coefficient (Wildman–Crippen LogP) is 1.55. The van der Waals surface area contributed by atoms with E-state index in [4.69, 9.17) is 0 Å². The molecule has 1 aromatic carbocycles. The van der Waals surface area contributed by atoms with Crippen molar-refractivity contribution in [2.75, 3.05) is 26.2 Å². The quantitative estimate of drug-likeness (QED) is 0.747. The van der Waals surface area contributed by atoms with Gasteiger partial charge in [0, 0.05) is 31.7 Å². The molecule has 8 nitrogen and oxygen atoms in total. The fraction of sp³-hybridized carbons (Fsp3) is 0.500. The minimum atomic E-state index is -0.0439. The van der Waals surface area contributed by atoms with Crippen LogP contribution in [0.4, 0.5) is 0 Å². The average Bonchev–Trinajstić information content (AvgIpc) is 3.35. The van der Waals surface area contributed by atoms with Crippen LogP contribution in [0, 0.1) is 0 Å². The van der Waals surface area contributed by atoms with Gasteiger partial charge in [0.05, 0.1) is 17.6 Å². The number of fused-ring (bicyclic) bond motifs is 3. The highest BCUT2D eigenvalue weighted by Crippen LogP contribution is 2.41. The van der Waals surface area contributed by atoms with Crippen LogP contribution in [0.3, 0.4) is 0 Å². The SMILES string of the molecule is CCN1CCc2[nH]cnc2C12CCN(C(=O)Cn1nc3ccccc3n1)CC2. The molecule has 5 rings (SSSR count). The van der Waals surface area contributed by atoms with Gasteiger partial charge in [-0.3, -0.25) is 9.69 Å². The number of hydrogen-bond acceptors (Lipinski definition) is 5. The summed E-state index contributed by atoms with van der Waals surface area (Å²) in [5, 5.41) is 8.83.